The molecule has 0 aliphatic carbocycles. The van der Waals surface area contributed by atoms with E-state index in [9.17, 15) is 13.2 Å². The van der Waals surface area contributed by atoms with Gasteiger partial charge in [0.05, 0.1) is 12.0 Å². The summed E-state index contributed by atoms with van der Waals surface area (Å²) in [6, 6.07) is 7.42. The minimum atomic E-state index is -3.71. The van der Waals surface area contributed by atoms with Crippen LogP contribution in [0.3, 0.4) is 0 Å². The molecule has 2 aromatic carbocycles. The van der Waals surface area contributed by atoms with Crippen molar-refractivity contribution >= 4 is 15.9 Å². The topological polar surface area (TPSA) is 84.5 Å². The molecular formula is C22H30N2O4S. The van der Waals surface area contributed by atoms with E-state index >= 15 is 0 Å². The number of ether oxygens (including phenoxy) is 1. The summed E-state index contributed by atoms with van der Waals surface area (Å²) >= 11 is 0. The van der Waals surface area contributed by atoms with E-state index in [4.69, 9.17) is 4.74 Å². The van der Waals surface area contributed by atoms with Gasteiger partial charge in [0.1, 0.15) is 5.75 Å². The van der Waals surface area contributed by atoms with E-state index < -0.39 is 10.0 Å². The average molecular weight is 419 g/mol. The molecule has 0 aromatic heterocycles. The molecule has 0 radical (unpaired) electrons. The van der Waals surface area contributed by atoms with Gasteiger partial charge in [-0.15, -0.1) is 0 Å². The molecule has 0 aliphatic rings. The standard InChI is InChI=1S/C22H30N2O4S/c1-14-15(2)17(4)22(18(5)16(14)3)29(26,27)24-12-11-21(25)23-13-19-9-7-8-10-20(19)28-6/h7-10,24H,11-13H2,1-6H3,(H,23,25). The first-order valence-electron chi connectivity index (χ1n) is 9.55. The van der Waals surface area contributed by atoms with E-state index in [2.05, 4.69) is 10.0 Å². The quantitative estimate of drug-likeness (QED) is 0.689. The molecule has 7 heteroatoms. The molecule has 0 heterocycles. The van der Waals surface area contributed by atoms with E-state index in [0.717, 1.165) is 33.4 Å². The maximum absolute atomic E-state index is 12.9. The number of carbonyl (C=O) groups is 1. The predicted molar refractivity (Wildman–Crippen MR) is 115 cm³/mol. The van der Waals surface area contributed by atoms with E-state index in [-0.39, 0.29) is 18.9 Å². The first-order chi connectivity index (χ1) is 13.6. The molecule has 0 aliphatic heterocycles. The predicted octanol–water partition coefficient (Wildman–Crippen LogP) is 3.22. The van der Waals surface area contributed by atoms with Crippen LogP contribution >= 0.6 is 0 Å². The Balaban J connectivity index is 2.00. The van der Waals surface area contributed by atoms with Crippen molar-refractivity contribution < 1.29 is 17.9 Å². The molecule has 6 nitrogen and oxygen atoms in total. The number of hydrogen-bond donors (Lipinski definition) is 2. The van der Waals surface area contributed by atoms with Crippen LogP contribution in [0.4, 0.5) is 0 Å². The second-order valence-electron chi connectivity index (χ2n) is 7.19. The minimum Gasteiger partial charge on any atom is -0.496 e. The Morgan fingerprint density at radius 3 is 2.07 bits per heavy atom. The van der Waals surface area contributed by atoms with Crippen molar-refractivity contribution in [3.63, 3.8) is 0 Å². The molecule has 29 heavy (non-hydrogen) atoms. The number of nitrogens with one attached hydrogen (secondary N) is 2. The van der Waals surface area contributed by atoms with Crippen LogP contribution in [0.2, 0.25) is 0 Å². The number of benzene rings is 2. The Labute approximate surface area is 173 Å². The third-order valence-corrected chi connectivity index (χ3v) is 7.25. The van der Waals surface area contributed by atoms with Gasteiger partial charge in [-0.05, 0) is 68.5 Å². The van der Waals surface area contributed by atoms with Gasteiger partial charge in [-0.25, -0.2) is 13.1 Å². The van der Waals surface area contributed by atoms with Crippen LogP contribution in [0, 0.1) is 34.6 Å². The minimum absolute atomic E-state index is 0.0327. The highest BCUT2D eigenvalue weighted by Gasteiger charge is 2.23. The largest absolute Gasteiger partial charge is 0.496 e. The third kappa shape index (κ3) is 5.16. The lowest BCUT2D eigenvalue weighted by Crippen LogP contribution is -2.31. The van der Waals surface area contributed by atoms with Crippen molar-refractivity contribution in [2.75, 3.05) is 13.7 Å². The normalized spacial score (nSPS) is 11.4. The van der Waals surface area contributed by atoms with Crippen LogP contribution in [-0.2, 0) is 21.4 Å². The molecule has 0 fully saturated rings. The number of sulfonamides is 1. The molecule has 0 saturated heterocycles. The van der Waals surface area contributed by atoms with Crippen molar-refractivity contribution in [1.29, 1.82) is 0 Å². The molecular weight excluding hydrogens is 388 g/mol. The van der Waals surface area contributed by atoms with E-state index in [1.165, 1.54) is 0 Å². The Hall–Kier alpha value is -2.38. The van der Waals surface area contributed by atoms with Crippen LogP contribution in [0.1, 0.15) is 39.8 Å². The van der Waals surface area contributed by atoms with Crippen molar-refractivity contribution in [2.24, 2.45) is 0 Å². The highest BCUT2D eigenvalue weighted by molar-refractivity contribution is 7.89. The fraction of sp³-hybridized carbons (Fsp3) is 0.409. The van der Waals surface area contributed by atoms with Crippen LogP contribution in [0.15, 0.2) is 29.2 Å². The lowest BCUT2D eigenvalue weighted by atomic mass is 9.95. The van der Waals surface area contributed by atoms with Crippen LogP contribution < -0.4 is 14.8 Å². The zero-order valence-electron chi connectivity index (χ0n) is 18.0. The van der Waals surface area contributed by atoms with E-state index in [1.54, 1.807) is 7.11 Å². The molecule has 1 amide bonds. The van der Waals surface area contributed by atoms with E-state index in [0.29, 0.717) is 17.2 Å². The van der Waals surface area contributed by atoms with Crippen molar-refractivity contribution in [1.82, 2.24) is 10.0 Å². The van der Waals surface area contributed by atoms with Gasteiger partial charge in [-0.2, -0.15) is 0 Å². The van der Waals surface area contributed by atoms with Gasteiger partial charge < -0.3 is 10.1 Å². The molecule has 2 N–H and O–H groups in total. The highest BCUT2D eigenvalue weighted by Crippen LogP contribution is 2.29. The summed E-state index contributed by atoms with van der Waals surface area (Å²) in [5.41, 5.74) is 5.42. The molecule has 2 aromatic rings. The molecule has 0 atom stereocenters. The monoisotopic (exact) mass is 418 g/mol. The zero-order valence-corrected chi connectivity index (χ0v) is 18.8. The summed E-state index contributed by atoms with van der Waals surface area (Å²) in [7, 11) is -2.13. The second kappa shape index (κ2) is 9.41. The Kier molecular flexibility index (Phi) is 7.43. The molecule has 0 saturated carbocycles. The molecule has 0 bridgehead atoms. The molecule has 0 unspecified atom stereocenters. The first kappa shape index (κ1) is 22.9. The van der Waals surface area contributed by atoms with Crippen LogP contribution in [0.5, 0.6) is 5.75 Å². The number of carbonyl (C=O) groups excluding carboxylic acids is 1. The summed E-state index contributed by atoms with van der Waals surface area (Å²) in [6.07, 6.45) is 0.0519. The van der Waals surface area contributed by atoms with Gasteiger partial charge in [-0.1, -0.05) is 18.2 Å². The fourth-order valence-electron chi connectivity index (χ4n) is 3.37. The average Bonchev–Trinajstić information content (AvgIpc) is 2.69. The van der Waals surface area contributed by atoms with Gasteiger partial charge in [-0.3, -0.25) is 4.79 Å². The van der Waals surface area contributed by atoms with Gasteiger partial charge in [0.2, 0.25) is 15.9 Å². The number of rotatable bonds is 8. The van der Waals surface area contributed by atoms with Gasteiger partial charge >= 0.3 is 0 Å². The molecule has 2 rings (SSSR count). The fourth-order valence-corrected chi connectivity index (χ4v) is 5.00. The van der Waals surface area contributed by atoms with Crippen LogP contribution in [0.25, 0.3) is 0 Å². The van der Waals surface area contributed by atoms with E-state index in [1.807, 2.05) is 58.9 Å². The SMILES string of the molecule is COc1ccccc1CNC(=O)CCNS(=O)(=O)c1c(C)c(C)c(C)c(C)c1C. The number of amides is 1. The Morgan fingerprint density at radius 2 is 1.48 bits per heavy atom. The second-order valence-corrected chi connectivity index (χ2v) is 8.89. The summed E-state index contributed by atoms with van der Waals surface area (Å²) in [5.74, 6) is 0.466. The summed E-state index contributed by atoms with van der Waals surface area (Å²) in [4.78, 5) is 12.5. The maximum Gasteiger partial charge on any atom is 0.241 e. The number of para-hydroxylation sites is 1. The smallest absolute Gasteiger partial charge is 0.241 e. The maximum atomic E-state index is 12.9. The highest BCUT2D eigenvalue weighted by atomic mass is 32.2. The summed E-state index contributed by atoms with van der Waals surface area (Å²) < 4.78 is 33.6. The van der Waals surface area contributed by atoms with Crippen molar-refractivity contribution in [3.05, 3.63) is 57.6 Å². The van der Waals surface area contributed by atoms with Gasteiger partial charge in [0, 0.05) is 25.1 Å². The van der Waals surface area contributed by atoms with Crippen molar-refractivity contribution in [3.8, 4) is 5.75 Å². The third-order valence-electron chi connectivity index (χ3n) is 5.51. The Morgan fingerprint density at radius 1 is 0.931 bits per heavy atom. The number of methoxy groups -OCH3 is 1. The zero-order chi connectivity index (χ0) is 21.8. The molecule has 158 valence electrons. The van der Waals surface area contributed by atoms with Crippen molar-refractivity contribution in [2.45, 2.75) is 52.5 Å². The Bertz CT molecular complexity index is 985. The molecule has 0 spiro atoms. The van der Waals surface area contributed by atoms with Gasteiger partial charge in [0.25, 0.3) is 0 Å². The first-order valence-corrected chi connectivity index (χ1v) is 11.0. The van der Waals surface area contributed by atoms with Crippen LogP contribution in [-0.4, -0.2) is 28.0 Å². The van der Waals surface area contributed by atoms with Gasteiger partial charge in [0.15, 0.2) is 0 Å². The summed E-state index contributed by atoms with van der Waals surface area (Å²) in [6.45, 7) is 9.87. The lowest BCUT2D eigenvalue weighted by Gasteiger charge is -2.19. The summed E-state index contributed by atoms with van der Waals surface area (Å²) in [5, 5.41) is 2.79. The lowest BCUT2D eigenvalue weighted by molar-refractivity contribution is -0.121. The number of hydrogen-bond acceptors (Lipinski definition) is 4.